The fourth-order valence-corrected chi connectivity index (χ4v) is 4.11. The number of hydrogen-bond acceptors (Lipinski definition) is 6. The van der Waals surface area contributed by atoms with E-state index in [0.29, 0.717) is 4.90 Å². The lowest BCUT2D eigenvalue weighted by Gasteiger charge is -2.22. The van der Waals surface area contributed by atoms with Crippen molar-refractivity contribution in [3.63, 3.8) is 0 Å². The number of carboxylic acid groups (broad SMARTS) is 1. The topological polar surface area (TPSA) is 119 Å². The van der Waals surface area contributed by atoms with E-state index in [-0.39, 0.29) is 10.6 Å². The van der Waals surface area contributed by atoms with Crippen LogP contribution in [-0.4, -0.2) is 31.6 Å². The van der Waals surface area contributed by atoms with E-state index in [1.807, 2.05) is 0 Å². The molecule has 2 rings (SSSR count). The number of nitrogens with one attached hydrogen (secondary N) is 1. The molecule has 0 aromatic heterocycles. The molecule has 0 saturated heterocycles. The molecule has 0 amide bonds. The third kappa shape index (κ3) is 2.75. The number of rotatable bonds is 3. The lowest BCUT2D eigenvalue weighted by Crippen LogP contribution is -2.41. The van der Waals surface area contributed by atoms with Gasteiger partial charge in [0.2, 0.25) is 10.0 Å². The minimum atomic E-state index is -3.61. The van der Waals surface area contributed by atoms with Crippen molar-refractivity contribution in [3.8, 4) is 5.75 Å². The third-order valence-corrected chi connectivity index (χ3v) is 4.83. The van der Waals surface area contributed by atoms with Gasteiger partial charge < -0.3 is 15.6 Å². The quantitative estimate of drug-likeness (QED) is 0.704. The molecule has 1 atom stereocenters. The highest BCUT2D eigenvalue weighted by Gasteiger charge is 2.28. The van der Waals surface area contributed by atoms with Crippen LogP contribution in [0.15, 0.2) is 28.0 Å². The summed E-state index contributed by atoms with van der Waals surface area (Å²) < 4.78 is 30.7. The lowest BCUT2D eigenvalue weighted by molar-refractivity contribution is -0.139. The summed E-state index contributed by atoms with van der Waals surface area (Å²) in [7, 11) is -3.61. The van der Waals surface area contributed by atoms with Crippen molar-refractivity contribution in [1.82, 2.24) is 4.72 Å². The first kappa shape index (κ1) is 13.1. The molecule has 0 aliphatic carbocycles. The first-order valence-electron chi connectivity index (χ1n) is 4.82. The van der Waals surface area contributed by atoms with Crippen molar-refractivity contribution in [2.45, 2.75) is 15.3 Å². The van der Waals surface area contributed by atoms with Gasteiger partial charge in [0.15, 0.2) is 6.61 Å². The Balaban J connectivity index is 2.32. The molecule has 98 valence electrons. The Hall–Kier alpha value is -1.29. The second-order valence-corrected chi connectivity index (χ2v) is 6.32. The van der Waals surface area contributed by atoms with Crippen molar-refractivity contribution in [1.29, 1.82) is 0 Å². The van der Waals surface area contributed by atoms with Crippen LogP contribution in [0.2, 0.25) is 0 Å². The molecule has 1 aliphatic heterocycles. The van der Waals surface area contributed by atoms with Crippen molar-refractivity contribution >= 4 is 27.8 Å². The molecule has 1 aromatic carbocycles. The van der Waals surface area contributed by atoms with Gasteiger partial charge in [-0.15, -0.1) is 0 Å². The number of nitrogens with two attached hydrogens (primary N) is 1. The summed E-state index contributed by atoms with van der Waals surface area (Å²) in [4.78, 5) is 10.9. The standard InChI is InChI=1S/C9H10N2O5S2/c10-9-11-18(14,15)7-2-1-5(3-6(7)17-9)16-4-8(12)13/h1-3,9,11H,4,10H2,(H,12,13). The van der Waals surface area contributed by atoms with E-state index in [1.54, 1.807) is 0 Å². The summed E-state index contributed by atoms with van der Waals surface area (Å²) in [6.45, 7) is -0.486. The number of benzene rings is 1. The molecule has 0 spiro atoms. The molecule has 9 heteroatoms. The van der Waals surface area contributed by atoms with E-state index in [1.165, 1.54) is 18.2 Å². The zero-order valence-corrected chi connectivity index (χ0v) is 10.6. The van der Waals surface area contributed by atoms with Crippen LogP contribution in [0.3, 0.4) is 0 Å². The van der Waals surface area contributed by atoms with Gasteiger partial charge in [-0.1, -0.05) is 11.8 Å². The third-order valence-electron chi connectivity index (χ3n) is 2.09. The molecular weight excluding hydrogens is 280 g/mol. The molecule has 0 saturated carbocycles. The van der Waals surface area contributed by atoms with Crippen molar-refractivity contribution in [2.24, 2.45) is 5.73 Å². The maximum atomic E-state index is 11.7. The Morgan fingerprint density at radius 3 is 2.94 bits per heavy atom. The van der Waals surface area contributed by atoms with Crippen LogP contribution >= 0.6 is 11.8 Å². The van der Waals surface area contributed by atoms with Crippen molar-refractivity contribution < 1.29 is 23.1 Å². The van der Waals surface area contributed by atoms with Crippen LogP contribution in [0.1, 0.15) is 0 Å². The van der Waals surface area contributed by atoms with Gasteiger partial charge in [-0.25, -0.2) is 13.2 Å². The van der Waals surface area contributed by atoms with Gasteiger partial charge in [0.25, 0.3) is 0 Å². The summed E-state index contributed by atoms with van der Waals surface area (Å²) >= 11 is 1.12. The van der Waals surface area contributed by atoms with Gasteiger partial charge in [-0.3, -0.25) is 0 Å². The Labute approximate surface area is 107 Å². The zero-order chi connectivity index (χ0) is 13.3. The number of carboxylic acids is 1. The summed E-state index contributed by atoms with van der Waals surface area (Å²) in [5, 5.41) is 8.48. The minimum absolute atomic E-state index is 0.108. The summed E-state index contributed by atoms with van der Waals surface area (Å²) in [5.74, 6) is -0.820. The maximum Gasteiger partial charge on any atom is 0.341 e. The van der Waals surface area contributed by atoms with Crippen LogP contribution < -0.4 is 15.2 Å². The highest BCUT2D eigenvalue weighted by molar-refractivity contribution is 8.02. The number of thioether (sulfide) groups is 1. The molecule has 7 nitrogen and oxygen atoms in total. The Kier molecular flexibility index (Phi) is 3.48. The van der Waals surface area contributed by atoms with Gasteiger partial charge >= 0.3 is 5.97 Å². The maximum absolute atomic E-state index is 11.7. The highest BCUT2D eigenvalue weighted by Crippen LogP contribution is 2.35. The van der Waals surface area contributed by atoms with Crippen molar-refractivity contribution in [2.75, 3.05) is 6.61 Å². The summed E-state index contributed by atoms with van der Waals surface area (Å²) in [5.41, 5.74) is 4.77. The van der Waals surface area contributed by atoms with Gasteiger partial charge in [-0.05, 0) is 18.2 Å². The predicted molar refractivity (Wildman–Crippen MR) is 63.7 cm³/mol. The summed E-state index contributed by atoms with van der Waals surface area (Å²) in [6.07, 6.45) is 0. The fourth-order valence-electron chi connectivity index (χ4n) is 1.41. The first-order chi connectivity index (χ1) is 8.38. The van der Waals surface area contributed by atoms with Gasteiger partial charge in [-0.2, -0.15) is 4.72 Å². The lowest BCUT2D eigenvalue weighted by atomic mass is 10.3. The molecule has 1 aromatic rings. The molecule has 1 heterocycles. The largest absolute Gasteiger partial charge is 0.482 e. The SMILES string of the molecule is NC1NS(=O)(=O)c2ccc(OCC(=O)O)cc2S1. The molecule has 1 aliphatic rings. The second-order valence-electron chi connectivity index (χ2n) is 3.45. The molecule has 4 N–H and O–H groups in total. The van der Waals surface area contributed by atoms with Gasteiger partial charge in [0.05, 0.1) is 4.90 Å². The van der Waals surface area contributed by atoms with Crippen LogP contribution in [0.5, 0.6) is 5.75 Å². The fraction of sp³-hybridized carbons (Fsp3) is 0.222. The first-order valence-corrected chi connectivity index (χ1v) is 7.18. The molecule has 0 radical (unpaired) electrons. The van der Waals surface area contributed by atoms with E-state index in [4.69, 9.17) is 15.6 Å². The van der Waals surface area contributed by atoms with E-state index in [9.17, 15) is 13.2 Å². The number of sulfonamides is 1. The Bertz CT molecular complexity index is 587. The highest BCUT2D eigenvalue weighted by atomic mass is 32.2. The molecule has 0 bridgehead atoms. The molecular formula is C9H10N2O5S2. The zero-order valence-electron chi connectivity index (χ0n) is 8.99. The van der Waals surface area contributed by atoms with Crippen molar-refractivity contribution in [3.05, 3.63) is 18.2 Å². The van der Waals surface area contributed by atoms with Crippen LogP contribution in [-0.2, 0) is 14.8 Å². The van der Waals surface area contributed by atoms with Crippen LogP contribution in [0, 0.1) is 0 Å². The normalized spacial score (nSPS) is 21.1. The molecule has 1 unspecified atom stereocenters. The second kappa shape index (κ2) is 4.76. The van der Waals surface area contributed by atoms with E-state index in [2.05, 4.69) is 4.72 Å². The number of aliphatic carboxylic acids is 1. The monoisotopic (exact) mass is 290 g/mol. The predicted octanol–water partition coefficient (Wildman–Crippen LogP) is -0.224. The van der Waals surface area contributed by atoms with Crippen LogP contribution in [0.25, 0.3) is 0 Å². The average molecular weight is 290 g/mol. The minimum Gasteiger partial charge on any atom is -0.482 e. The summed E-state index contributed by atoms with van der Waals surface area (Å²) in [6, 6.07) is 4.22. The molecule has 0 fully saturated rings. The number of ether oxygens (including phenoxy) is 1. The number of fused-ring (bicyclic) bond motifs is 1. The number of hydrogen-bond donors (Lipinski definition) is 3. The van der Waals surface area contributed by atoms with Gasteiger partial charge in [0, 0.05) is 4.90 Å². The number of carbonyl (C=O) groups is 1. The van der Waals surface area contributed by atoms with E-state index >= 15 is 0 Å². The smallest absolute Gasteiger partial charge is 0.341 e. The van der Waals surface area contributed by atoms with Crippen LogP contribution in [0.4, 0.5) is 0 Å². The average Bonchev–Trinajstić information content (AvgIpc) is 2.24. The van der Waals surface area contributed by atoms with E-state index < -0.39 is 28.1 Å². The Morgan fingerprint density at radius 1 is 1.56 bits per heavy atom. The molecule has 18 heavy (non-hydrogen) atoms. The van der Waals surface area contributed by atoms with Gasteiger partial charge in [0.1, 0.15) is 11.2 Å². The van der Waals surface area contributed by atoms with E-state index in [0.717, 1.165) is 11.8 Å². The Morgan fingerprint density at radius 2 is 2.28 bits per heavy atom.